The molecule has 1 fully saturated rings. The monoisotopic (exact) mass is 484 g/mol. The minimum absolute atomic E-state index is 0.0884. The van der Waals surface area contributed by atoms with Crippen molar-refractivity contribution in [3.63, 3.8) is 0 Å². The molecule has 8 heteroatoms. The van der Waals surface area contributed by atoms with Crippen LogP contribution in [-0.4, -0.2) is 55.2 Å². The second kappa shape index (κ2) is 12.5. The van der Waals surface area contributed by atoms with Crippen LogP contribution in [-0.2, 0) is 14.3 Å². The van der Waals surface area contributed by atoms with Crippen LogP contribution in [0.5, 0.6) is 5.75 Å². The molecular weight excluding hydrogens is 452 g/mol. The molecule has 0 heterocycles. The lowest BCUT2D eigenvalue weighted by Crippen LogP contribution is -2.39. The fraction of sp³-hybridized carbons (Fsp3) is 0.423. The summed E-state index contributed by atoms with van der Waals surface area (Å²) in [6, 6.07) is 12.8. The van der Waals surface area contributed by atoms with Gasteiger partial charge in [0, 0.05) is 23.7 Å². The Morgan fingerprint density at radius 2 is 1.82 bits per heavy atom. The Hall–Kier alpha value is -3.00. The van der Waals surface area contributed by atoms with Gasteiger partial charge in [0.2, 0.25) is 5.91 Å². The van der Waals surface area contributed by atoms with E-state index in [0.29, 0.717) is 28.8 Å². The highest BCUT2D eigenvalue weighted by molar-refractivity contribution is 8.00. The van der Waals surface area contributed by atoms with E-state index in [9.17, 15) is 14.4 Å². The van der Waals surface area contributed by atoms with Gasteiger partial charge in [0.25, 0.3) is 5.91 Å². The van der Waals surface area contributed by atoms with Crippen LogP contribution in [0.1, 0.15) is 48.0 Å². The lowest BCUT2D eigenvalue weighted by atomic mass is 9.94. The number of esters is 1. The SMILES string of the molecule is COC(=O)COc1ccc(NC(=O)c2ccccc2SCC(=O)N(C)C2CCCCC2)c(C)c1. The summed E-state index contributed by atoms with van der Waals surface area (Å²) < 4.78 is 9.96. The number of aryl methyl sites for hydroxylation is 1. The van der Waals surface area contributed by atoms with Crippen molar-refractivity contribution < 1.29 is 23.9 Å². The maximum Gasteiger partial charge on any atom is 0.343 e. The van der Waals surface area contributed by atoms with E-state index in [4.69, 9.17) is 4.74 Å². The van der Waals surface area contributed by atoms with E-state index in [2.05, 4.69) is 10.1 Å². The van der Waals surface area contributed by atoms with Crippen LogP contribution >= 0.6 is 11.8 Å². The normalized spacial score (nSPS) is 13.7. The lowest BCUT2D eigenvalue weighted by molar-refractivity contribution is -0.142. The number of nitrogens with zero attached hydrogens (tertiary/aromatic N) is 1. The first-order valence-corrected chi connectivity index (χ1v) is 12.5. The van der Waals surface area contributed by atoms with Gasteiger partial charge in [0.1, 0.15) is 5.75 Å². The molecule has 0 spiro atoms. The largest absolute Gasteiger partial charge is 0.482 e. The molecule has 34 heavy (non-hydrogen) atoms. The first-order chi connectivity index (χ1) is 16.4. The van der Waals surface area contributed by atoms with E-state index in [1.54, 1.807) is 24.3 Å². The molecule has 1 aliphatic rings. The van der Waals surface area contributed by atoms with Gasteiger partial charge in [-0.3, -0.25) is 9.59 Å². The summed E-state index contributed by atoms with van der Waals surface area (Å²) in [5.74, 6) is 0.181. The van der Waals surface area contributed by atoms with E-state index in [0.717, 1.165) is 23.3 Å². The molecule has 1 saturated carbocycles. The van der Waals surface area contributed by atoms with Crippen LogP contribution in [0.4, 0.5) is 5.69 Å². The van der Waals surface area contributed by atoms with Crippen molar-refractivity contribution in [3.05, 3.63) is 53.6 Å². The van der Waals surface area contributed by atoms with Gasteiger partial charge in [-0.05, 0) is 55.7 Å². The molecular formula is C26H32N2O5S. The van der Waals surface area contributed by atoms with Crippen LogP contribution in [0.25, 0.3) is 0 Å². The number of hydrogen-bond acceptors (Lipinski definition) is 6. The fourth-order valence-corrected chi connectivity index (χ4v) is 4.92. The maximum absolute atomic E-state index is 13.0. The average Bonchev–Trinajstić information content (AvgIpc) is 2.87. The lowest BCUT2D eigenvalue weighted by Gasteiger charge is -2.31. The zero-order chi connectivity index (χ0) is 24.5. The first-order valence-electron chi connectivity index (χ1n) is 11.5. The average molecular weight is 485 g/mol. The molecule has 2 aromatic carbocycles. The molecule has 0 bridgehead atoms. The van der Waals surface area contributed by atoms with Gasteiger partial charge < -0.3 is 19.7 Å². The van der Waals surface area contributed by atoms with Crippen molar-refractivity contribution in [2.24, 2.45) is 0 Å². The molecule has 0 aliphatic heterocycles. The van der Waals surface area contributed by atoms with Crippen molar-refractivity contribution in [1.82, 2.24) is 4.90 Å². The number of methoxy groups -OCH3 is 1. The van der Waals surface area contributed by atoms with Crippen molar-refractivity contribution >= 4 is 35.2 Å². The van der Waals surface area contributed by atoms with Gasteiger partial charge in [0.15, 0.2) is 6.61 Å². The summed E-state index contributed by atoms with van der Waals surface area (Å²) in [5, 5.41) is 2.94. The zero-order valence-corrected chi connectivity index (χ0v) is 20.8. The fourth-order valence-electron chi connectivity index (χ4n) is 3.95. The van der Waals surface area contributed by atoms with E-state index >= 15 is 0 Å². The Morgan fingerprint density at radius 3 is 2.53 bits per heavy atom. The number of carbonyl (C=O) groups excluding carboxylic acids is 3. The van der Waals surface area contributed by atoms with E-state index in [1.807, 2.05) is 37.1 Å². The van der Waals surface area contributed by atoms with Gasteiger partial charge in [-0.15, -0.1) is 11.8 Å². The topological polar surface area (TPSA) is 84.9 Å². The zero-order valence-electron chi connectivity index (χ0n) is 20.0. The van der Waals surface area contributed by atoms with Gasteiger partial charge in [-0.2, -0.15) is 0 Å². The third kappa shape index (κ3) is 7.00. The standard InChI is InChI=1S/C26H32N2O5S/c1-18-15-20(33-16-25(30)32-3)13-14-22(18)27-26(31)21-11-7-8-12-23(21)34-17-24(29)28(2)19-9-5-4-6-10-19/h7-8,11-15,19H,4-6,9-10,16-17H2,1-3H3,(H,27,31). The molecule has 0 radical (unpaired) electrons. The second-order valence-electron chi connectivity index (χ2n) is 8.38. The van der Waals surface area contributed by atoms with E-state index in [-0.39, 0.29) is 18.4 Å². The third-order valence-corrected chi connectivity index (χ3v) is 7.09. The number of rotatable bonds is 9. The minimum atomic E-state index is -0.465. The number of hydrogen-bond donors (Lipinski definition) is 1. The summed E-state index contributed by atoms with van der Waals surface area (Å²) in [7, 11) is 3.19. The second-order valence-corrected chi connectivity index (χ2v) is 9.39. The number of amides is 2. The number of benzene rings is 2. The minimum Gasteiger partial charge on any atom is -0.482 e. The first kappa shape index (κ1) is 25.6. The highest BCUT2D eigenvalue weighted by atomic mass is 32.2. The number of thioether (sulfide) groups is 1. The quantitative estimate of drug-likeness (QED) is 0.411. The summed E-state index contributed by atoms with van der Waals surface area (Å²) in [6.07, 6.45) is 5.74. The Labute approximate surface area is 205 Å². The molecule has 3 rings (SSSR count). The predicted octanol–water partition coefficient (Wildman–Crippen LogP) is 4.68. The molecule has 0 saturated heterocycles. The van der Waals surface area contributed by atoms with Crippen molar-refractivity contribution in [2.75, 3.05) is 31.8 Å². The van der Waals surface area contributed by atoms with Crippen molar-refractivity contribution in [2.45, 2.75) is 50.0 Å². The van der Waals surface area contributed by atoms with Crippen LogP contribution in [0.3, 0.4) is 0 Å². The summed E-state index contributed by atoms with van der Waals surface area (Å²) in [6.45, 7) is 1.67. The number of anilines is 1. The van der Waals surface area contributed by atoms with Crippen molar-refractivity contribution in [1.29, 1.82) is 0 Å². The highest BCUT2D eigenvalue weighted by Crippen LogP contribution is 2.27. The van der Waals surface area contributed by atoms with Crippen LogP contribution < -0.4 is 10.1 Å². The number of ether oxygens (including phenoxy) is 2. The predicted molar refractivity (Wildman–Crippen MR) is 133 cm³/mol. The molecule has 2 aromatic rings. The molecule has 0 atom stereocenters. The Kier molecular flexibility index (Phi) is 9.39. The highest BCUT2D eigenvalue weighted by Gasteiger charge is 2.22. The van der Waals surface area contributed by atoms with Crippen LogP contribution in [0.15, 0.2) is 47.4 Å². The van der Waals surface area contributed by atoms with Crippen LogP contribution in [0.2, 0.25) is 0 Å². The molecule has 182 valence electrons. The summed E-state index contributed by atoms with van der Waals surface area (Å²) in [5.41, 5.74) is 1.96. The Balaban J connectivity index is 1.61. The van der Waals surface area contributed by atoms with Crippen LogP contribution in [0, 0.1) is 6.92 Å². The number of carbonyl (C=O) groups is 3. The molecule has 0 unspecified atom stereocenters. The van der Waals surface area contributed by atoms with Crippen molar-refractivity contribution in [3.8, 4) is 5.75 Å². The van der Waals surface area contributed by atoms with Gasteiger partial charge in [-0.25, -0.2) is 4.79 Å². The maximum atomic E-state index is 13.0. The molecule has 1 N–H and O–H groups in total. The van der Waals surface area contributed by atoms with Gasteiger partial charge in [0.05, 0.1) is 18.4 Å². The molecule has 2 amide bonds. The summed E-state index contributed by atoms with van der Waals surface area (Å²) >= 11 is 1.39. The smallest absolute Gasteiger partial charge is 0.343 e. The van der Waals surface area contributed by atoms with E-state index < -0.39 is 5.97 Å². The van der Waals surface area contributed by atoms with E-state index in [1.165, 1.54) is 38.1 Å². The Morgan fingerprint density at radius 1 is 1.09 bits per heavy atom. The summed E-state index contributed by atoms with van der Waals surface area (Å²) in [4.78, 5) is 39.7. The molecule has 0 aromatic heterocycles. The van der Waals surface area contributed by atoms with Gasteiger partial charge in [-0.1, -0.05) is 31.4 Å². The Bertz CT molecular complexity index is 1020. The van der Waals surface area contributed by atoms with Gasteiger partial charge >= 0.3 is 5.97 Å². The third-order valence-electron chi connectivity index (χ3n) is 6.03. The molecule has 7 nitrogen and oxygen atoms in total. The molecule has 1 aliphatic carbocycles. The number of nitrogens with one attached hydrogen (secondary N) is 1.